The molecule has 1 aliphatic rings. The molecule has 0 bridgehead atoms. The fraction of sp³-hybridized carbons (Fsp3) is 0.0526. The molecule has 27 heavy (non-hydrogen) atoms. The first-order chi connectivity index (χ1) is 13.2. The lowest BCUT2D eigenvalue weighted by Gasteiger charge is -2.08. The van der Waals surface area contributed by atoms with Crippen LogP contribution >= 0.6 is 0 Å². The molecule has 8 nitrogen and oxygen atoms in total. The lowest BCUT2D eigenvalue weighted by Crippen LogP contribution is -2.41. The van der Waals surface area contributed by atoms with Crippen LogP contribution in [0.3, 0.4) is 0 Å². The summed E-state index contributed by atoms with van der Waals surface area (Å²) in [5.74, 6) is 0.564. The van der Waals surface area contributed by atoms with Crippen LogP contribution in [0.25, 0.3) is 11.4 Å². The van der Waals surface area contributed by atoms with E-state index in [2.05, 4.69) is 20.8 Å². The van der Waals surface area contributed by atoms with Crippen molar-refractivity contribution in [2.45, 2.75) is 0 Å². The number of hydrazine groups is 1. The van der Waals surface area contributed by atoms with Gasteiger partial charge in [0, 0.05) is 23.5 Å². The summed E-state index contributed by atoms with van der Waals surface area (Å²) in [5, 5.41) is 0. The van der Waals surface area contributed by atoms with Gasteiger partial charge in [0.05, 0.1) is 5.56 Å². The maximum Gasteiger partial charge on any atom is 0.272 e. The minimum Gasteiger partial charge on any atom is -0.454 e. The molecule has 1 aliphatic heterocycles. The number of carbonyl (C=O) groups is 2. The van der Waals surface area contributed by atoms with Crippen molar-refractivity contribution in [1.82, 2.24) is 20.8 Å². The Bertz CT molecular complexity index is 990. The van der Waals surface area contributed by atoms with Crippen LogP contribution in [0.1, 0.15) is 20.7 Å². The monoisotopic (exact) mass is 362 g/mol. The van der Waals surface area contributed by atoms with Crippen LogP contribution in [0.15, 0.2) is 60.9 Å². The van der Waals surface area contributed by atoms with Gasteiger partial charge in [0.2, 0.25) is 6.79 Å². The summed E-state index contributed by atoms with van der Waals surface area (Å²) < 4.78 is 10.4. The summed E-state index contributed by atoms with van der Waals surface area (Å²) in [6, 6.07) is 14.2. The predicted molar refractivity (Wildman–Crippen MR) is 95.0 cm³/mol. The van der Waals surface area contributed by atoms with Gasteiger partial charge in [-0.05, 0) is 18.2 Å². The Morgan fingerprint density at radius 2 is 1.48 bits per heavy atom. The first-order valence-electron chi connectivity index (χ1n) is 8.08. The number of rotatable bonds is 3. The van der Waals surface area contributed by atoms with Crippen molar-refractivity contribution in [3.05, 3.63) is 72.1 Å². The van der Waals surface area contributed by atoms with Crippen LogP contribution < -0.4 is 20.3 Å². The number of hydrogen-bond donors (Lipinski definition) is 2. The van der Waals surface area contributed by atoms with Gasteiger partial charge in [-0.2, -0.15) is 0 Å². The topological polar surface area (TPSA) is 102 Å². The molecule has 8 heteroatoms. The fourth-order valence-corrected chi connectivity index (χ4v) is 2.48. The zero-order valence-corrected chi connectivity index (χ0v) is 14.0. The summed E-state index contributed by atoms with van der Waals surface area (Å²) in [7, 11) is 0. The van der Waals surface area contributed by atoms with Crippen molar-refractivity contribution in [2.75, 3.05) is 6.79 Å². The second kappa shape index (κ2) is 7.12. The Labute approximate surface area is 154 Å². The Morgan fingerprint density at radius 1 is 0.815 bits per heavy atom. The molecule has 2 N–H and O–H groups in total. The van der Waals surface area contributed by atoms with Crippen LogP contribution in [-0.2, 0) is 0 Å². The fourth-order valence-electron chi connectivity index (χ4n) is 2.48. The first-order valence-corrected chi connectivity index (χ1v) is 8.08. The van der Waals surface area contributed by atoms with Crippen LogP contribution in [0, 0.1) is 0 Å². The Morgan fingerprint density at radius 3 is 2.22 bits per heavy atom. The van der Waals surface area contributed by atoms with E-state index in [1.165, 1.54) is 12.4 Å². The van der Waals surface area contributed by atoms with E-state index in [1.54, 1.807) is 18.2 Å². The predicted octanol–water partition coefficient (Wildman–Crippen LogP) is 1.95. The van der Waals surface area contributed by atoms with E-state index in [0.717, 1.165) is 5.56 Å². The van der Waals surface area contributed by atoms with Crippen molar-refractivity contribution >= 4 is 11.8 Å². The summed E-state index contributed by atoms with van der Waals surface area (Å²) in [5.41, 5.74) is 6.08. The lowest BCUT2D eigenvalue weighted by atomic mass is 10.2. The molecule has 0 aliphatic carbocycles. The highest BCUT2D eigenvalue weighted by molar-refractivity contribution is 5.99. The van der Waals surface area contributed by atoms with Crippen molar-refractivity contribution in [3.8, 4) is 22.9 Å². The second-order valence-corrected chi connectivity index (χ2v) is 5.64. The summed E-state index contributed by atoms with van der Waals surface area (Å²) in [4.78, 5) is 32.7. The minimum atomic E-state index is -0.524. The zero-order chi connectivity index (χ0) is 18.6. The standard InChI is InChI=1S/C19H14N4O4/c24-18(13-6-7-15-16(8-13)27-11-26-15)22-23-19(25)14-9-20-17(21-10-14)12-4-2-1-3-5-12/h1-10H,11H2,(H,22,24)(H,23,25). The average molecular weight is 362 g/mol. The highest BCUT2D eigenvalue weighted by atomic mass is 16.7. The van der Waals surface area contributed by atoms with Gasteiger partial charge >= 0.3 is 0 Å². The largest absolute Gasteiger partial charge is 0.454 e. The quantitative estimate of drug-likeness (QED) is 0.691. The van der Waals surface area contributed by atoms with E-state index in [1.807, 2.05) is 30.3 Å². The van der Waals surface area contributed by atoms with E-state index >= 15 is 0 Å². The van der Waals surface area contributed by atoms with Gasteiger partial charge in [0.25, 0.3) is 11.8 Å². The summed E-state index contributed by atoms with van der Waals surface area (Å²) in [6.45, 7) is 0.121. The Kier molecular flexibility index (Phi) is 4.36. The molecule has 2 amide bonds. The molecule has 134 valence electrons. The van der Waals surface area contributed by atoms with Crippen molar-refractivity contribution in [3.63, 3.8) is 0 Å². The smallest absolute Gasteiger partial charge is 0.272 e. The molecule has 0 saturated heterocycles. The maximum absolute atomic E-state index is 12.2. The number of hydrogen-bond acceptors (Lipinski definition) is 6. The highest BCUT2D eigenvalue weighted by Crippen LogP contribution is 2.32. The Balaban J connectivity index is 1.38. The molecule has 0 saturated carbocycles. The third-order valence-corrected chi connectivity index (χ3v) is 3.87. The SMILES string of the molecule is O=C(NNC(=O)c1ccc2c(c1)OCO2)c1cnc(-c2ccccc2)nc1. The highest BCUT2D eigenvalue weighted by Gasteiger charge is 2.17. The van der Waals surface area contributed by atoms with E-state index in [0.29, 0.717) is 22.9 Å². The Hall–Kier alpha value is -3.94. The van der Waals surface area contributed by atoms with Crippen LogP contribution in [0.4, 0.5) is 0 Å². The lowest BCUT2D eigenvalue weighted by molar-refractivity contribution is 0.0846. The number of nitrogens with one attached hydrogen (secondary N) is 2. The number of nitrogens with zero attached hydrogens (tertiary/aromatic N) is 2. The second-order valence-electron chi connectivity index (χ2n) is 5.64. The molecule has 0 fully saturated rings. The third kappa shape index (κ3) is 3.54. The van der Waals surface area contributed by atoms with Crippen LogP contribution in [0.5, 0.6) is 11.5 Å². The first kappa shape index (κ1) is 16.5. The molecule has 0 unspecified atom stereocenters. The number of fused-ring (bicyclic) bond motifs is 1. The molecule has 4 rings (SSSR count). The molecular formula is C19H14N4O4. The number of benzene rings is 2. The van der Waals surface area contributed by atoms with E-state index in [-0.39, 0.29) is 12.4 Å². The van der Waals surface area contributed by atoms with Gasteiger partial charge < -0.3 is 9.47 Å². The summed E-state index contributed by atoms with van der Waals surface area (Å²) >= 11 is 0. The number of ether oxygens (including phenoxy) is 2. The van der Waals surface area contributed by atoms with Gasteiger partial charge in [-0.1, -0.05) is 30.3 Å². The number of amides is 2. The van der Waals surface area contributed by atoms with Crippen molar-refractivity contribution in [1.29, 1.82) is 0 Å². The molecule has 3 aromatic rings. The van der Waals surface area contributed by atoms with Crippen LogP contribution in [0.2, 0.25) is 0 Å². The van der Waals surface area contributed by atoms with Crippen LogP contribution in [-0.4, -0.2) is 28.6 Å². The van der Waals surface area contributed by atoms with Gasteiger partial charge in [0.1, 0.15) is 0 Å². The molecular weight excluding hydrogens is 348 g/mol. The third-order valence-electron chi connectivity index (χ3n) is 3.87. The van der Waals surface area contributed by atoms with Gasteiger partial charge in [0.15, 0.2) is 17.3 Å². The van der Waals surface area contributed by atoms with Crippen molar-refractivity contribution < 1.29 is 19.1 Å². The molecule has 2 heterocycles. The van der Waals surface area contributed by atoms with Gasteiger partial charge in [-0.15, -0.1) is 0 Å². The molecule has 1 aromatic heterocycles. The van der Waals surface area contributed by atoms with Crippen molar-refractivity contribution in [2.24, 2.45) is 0 Å². The average Bonchev–Trinajstić information content (AvgIpc) is 3.20. The molecule has 0 atom stereocenters. The zero-order valence-electron chi connectivity index (χ0n) is 14.0. The van der Waals surface area contributed by atoms with Gasteiger partial charge in [-0.25, -0.2) is 9.97 Å². The van der Waals surface area contributed by atoms with E-state index in [9.17, 15) is 9.59 Å². The van der Waals surface area contributed by atoms with E-state index < -0.39 is 11.8 Å². The number of aromatic nitrogens is 2. The maximum atomic E-state index is 12.2. The van der Waals surface area contributed by atoms with Gasteiger partial charge in [-0.3, -0.25) is 20.4 Å². The minimum absolute atomic E-state index is 0.121. The number of carbonyl (C=O) groups excluding carboxylic acids is 2. The molecule has 0 spiro atoms. The summed E-state index contributed by atoms with van der Waals surface area (Å²) in [6.07, 6.45) is 2.80. The molecule has 0 radical (unpaired) electrons. The normalized spacial score (nSPS) is 11.7. The molecule has 2 aromatic carbocycles. The van der Waals surface area contributed by atoms with E-state index in [4.69, 9.17) is 9.47 Å².